The van der Waals surface area contributed by atoms with Gasteiger partial charge in [0, 0.05) is 50.7 Å². The summed E-state index contributed by atoms with van der Waals surface area (Å²) in [6, 6.07) is 3.90. The number of likely N-dealkylation sites (tertiary alicyclic amines) is 1. The van der Waals surface area contributed by atoms with Crippen LogP contribution in [-0.4, -0.2) is 57.0 Å². The normalized spacial score (nSPS) is 18.5. The molecule has 1 saturated heterocycles. The van der Waals surface area contributed by atoms with Gasteiger partial charge in [-0.05, 0) is 49.3 Å². The van der Waals surface area contributed by atoms with Gasteiger partial charge in [0.1, 0.15) is 18.1 Å². The minimum absolute atomic E-state index is 0.0649. The number of nitrogens with one attached hydrogen (secondary N) is 1. The number of nitrogens with zero attached hydrogens (tertiary/aromatic N) is 4. The van der Waals surface area contributed by atoms with Crippen molar-refractivity contribution in [1.29, 1.82) is 5.41 Å². The van der Waals surface area contributed by atoms with E-state index in [4.69, 9.17) is 11.1 Å². The van der Waals surface area contributed by atoms with Gasteiger partial charge in [0.2, 0.25) is 11.8 Å². The average molecular weight is 555 g/mol. The van der Waals surface area contributed by atoms with Crippen LogP contribution in [0.1, 0.15) is 55.7 Å². The Kier molecular flexibility index (Phi) is 9.92. The van der Waals surface area contributed by atoms with E-state index >= 15 is 0 Å². The maximum Gasteiger partial charge on any atom is 0.396 e. The summed E-state index contributed by atoms with van der Waals surface area (Å²) >= 11 is 0. The van der Waals surface area contributed by atoms with Crippen LogP contribution in [0.4, 0.5) is 22.0 Å². The fourth-order valence-corrected chi connectivity index (χ4v) is 5.00. The number of allylic oxidation sites excluding steroid dienone is 1. The van der Waals surface area contributed by atoms with E-state index in [1.165, 1.54) is 22.8 Å². The lowest BCUT2D eigenvalue weighted by Crippen LogP contribution is -2.38. The Morgan fingerprint density at radius 3 is 2.44 bits per heavy atom. The molecule has 0 spiro atoms. The predicted molar refractivity (Wildman–Crippen MR) is 133 cm³/mol. The van der Waals surface area contributed by atoms with E-state index in [1.54, 1.807) is 11.8 Å². The van der Waals surface area contributed by atoms with Gasteiger partial charge in [-0.15, -0.1) is 10.2 Å². The van der Waals surface area contributed by atoms with E-state index in [1.807, 2.05) is 0 Å². The predicted octanol–water partition coefficient (Wildman–Crippen LogP) is 4.09. The second-order valence-electron chi connectivity index (χ2n) is 9.60. The summed E-state index contributed by atoms with van der Waals surface area (Å²) in [6.07, 6.45) is 0.0879. The van der Waals surface area contributed by atoms with Crippen molar-refractivity contribution in [2.75, 3.05) is 13.1 Å². The molecule has 8 nitrogen and oxygen atoms in total. The largest absolute Gasteiger partial charge is 0.396 e. The summed E-state index contributed by atoms with van der Waals surface area (Å²) < 4.78 is 66.7. The first-order valence-corrected chi connectivity index (χ1v) is 12.6. The highest BCUT2D eigenvalue weighted by atomic mass is 19.4. The van der Waals surface area contributed by atoms with Crippen LogP contribution in [0.2, 0.25) is 0 Å². The second kappa shape index (κ2) is 12.9. The molecule has 1 fully saturated rings. The maximum atomic E-state index is 14.0. The molecule has 212 valence electrons. The minimum Gasteiger partial charge on any atom is -0.366 e. The molecule has 1 aromatic heterocycles. The smallest absolute Gasteiger partial charge is 0.366 e. The zero-order chi connectivity index (χ0) is 28.7. The number of aromatic nitrogens is 3. The van der Waals surface area contributed by atoms with Crippen molar-refractivity contribution in [3.63, 3.8) is 0 Å². The van der Waals surface area contributed by atoms with Gasteiger partial charge < -0.3 is 20.6 Å². The summed E-state index contributed by atoms with van der Waals surface area (Å²) in [6.45, 7) is 2.97. The number of hydrogen-bond acceptors (Lipinski definition) is 5. The number of primary amides is 1. The van der Waals surface area contributed by atoms with Gasteiger partial charge in [-0.2, -0.15) is 13.2 Å². The SMILES string of the molecule is CC(=O)N1CCC(/C(=C/C=N)C(N)=O)CC1.Fc1cccc(C2CCCc3nnc(CC(F)(F)F)n3C2)c1F. The van der Waals surface area contributed by atoms with Crippen molar-refractivity contribution in [1.82, 2.24) is 19.7 Å². The molecular formula is C26H31F5N6O2. The van der Waals surface area contributed by atoms with Crippen LogP contribution in [0.5, 0.6) is 0 Å². The summed E-state index contributed by atoms with van der Waals surface area (Å²) in [7, 11) is 0. The lowest BCUT2D eigenvalue weighted by molar-refractivity contribution is -0.130. The molecule has 0 saturated carbocycles. The number of carbonyl (C=O) groups is 2. The van der Waals surface area contributed by atoms with Crippen LogP contribution < -0.4 is 5.73 Å². The number of rotatable bonds is 5. The van der Waals surface area contributed by atoms with Crippen molar-refractivity contribution in [2.24, 2.45) is 11.7 Å². The molecule has 0 bridgehead atoms. The number of amides is 2. The Bertz CT molecular complexity index is 1220. The molecule has 4 rings (SSSR count). The molecule has 2 aliphatic heterocycles. The molecule has 3 N–H and O–H groups in total. The van der Waals surface area contributed by atoms with Crippen molar-refractivity contribution >= 4 is 18.0 Å². The Morgan fingerprint density at radius 1 is 1.15 bits per heavy atom. The molecule has 3 heterocycles. The molecule has 39 heavy (non-hydrogen) atoms. The number of hydrogen-bond donors (Lipinski definition) is 2. The van der Waals surface area contributed by atoms with Gasteiger partial charge >= 0.3 is 6.18 Å². The third-order valence-corrected chi connectivity index (χ3v) is 6.97. The van der Waals surface area contributed by atoms with Crippen molar-refractivity contribution in [3.8, 4) is 0 Å². The number of nitrogens with two attached hydrogens (primary N) is 1. The molecule has 1 unspecified atom stereocenters. The number of benzene rings is 1. The van der Waals surface area contributed by atoms with Crippen LogP contribution in [0, 0.1) is 23.0 Å². The molecule has 2 aromatic rings. The fourth-order valence-electron chi connectivity index (χ4n) is 5.00. The number of piperidine rings is 1. The van der Waals surface area contributed by atoms with Gasteiger partial charge in [0.15, 0.2) is 11.6 Å². The van der Waals surface area contributed by atoms with E-state index in [9.17, 15) is 31.5 Å². The Morgan fingerprint density at radius 2 is 1.85 bits per heavy atom. The Labute approximate surface area is 222 Å². The van der Waals surface area contributed by atoms with Crippen LogP contribution in [0.3, 0.4) is 0 Å². The van der Waals surface area contributed by atoms with Crippen LogP contribution >= 0.6 is 0 Å². The van der Waals surface area contributed by atoms with E-state index < -0.39 is 36.1 Å². The average Bonchev–Trinajstić information content (AvgIpc) is 3.09. The molecular weight excluding hydrogens is 523 g/mol. The van der Waals surface area contributed by atoms with Crippen molar-refractivity contribution in [2.45, 2.75) is 64.1 Å². The van der Waals surface area contributed by atoms with Gasteiger partial charge in [-0.3, -0.25) is 9.59 Å². The molecule has 13 heteroatoms. The molecule has 0 aliphatic carbocycles. The van der Waals surface area contributed by atoms with E-state index in [2.05, 4.69) is 10.2 Å². The lowest BCUT2D eigenvalue weighted by atomic mass is 9.88. The van der Waals surface area contributed by atoms with Crippen LogP contribution in [0.25, 0.3) is 0 Å². The highest BCUT2D eigenvalue weighted by Gasteiger charge is 2.33. The van der Waals surface area contributed by atoms with Gasteiger partial charge in [-0.25, -0.2) is 8.78 Å². The number of carbonyl (C=O) groups excluding carboxylic acids is 2. The first-order chi connectivity index (χ1) is 18.4. The topological polar surface area (TPSA) is 118 Å². The molecule has 2 aliphatic rings. The molecule has 2 amide bonds. The first kappa shape index (κ1) is 29.9. The zero-order valence-corrected chi connectivity index (χ0v) is 21.5. The second-order valence-corrected chi connectivity index (χ2v) is 9.60. The number of alkyl halides is 3. The standard InChI is InChI=1S/C15H14F5N3.C11H17N3O2/c16-11-5-2-4-10(14(11)17)9-3-1-6-12-21-22-13(23(12)8-9)7-15(18,19)20;1-8(15)14-6-3-9(4-7-14)10(2-5-12)11(13)16/h2,4-5,9H,1,3,6-8H2;2,5,9,12H,3-4,6-7H2,1H3,(H2,13,16)/b;10-2-,12-5?. The van der Waals surface area contributed by atoms with Crippen molar-refractivity contribution < 1.29 is 31.5 Å². The third-order valence-electron chi connectivity index (χ3n) is 6.97. The molecule has 1 aromatic carbocycles. The van der Waals surface area contributed by atoms with Crippen LogP contribution in [-0.2, 0) is 29.0 Å². The summed E-state index contributed by atoms with van der Waals surface area (Å²) in [4.78, 5) is 24.1. The monoisotopic (exact) mass is 554 g/mol. The maximum absolute atomic E-state index is 14.0. The summed E-state index contributed by atoms with van der Waals surface area (Å²) in [5.74, 6) is -2.35. The highest BCUT2D eigenvalue weighted by molar-refractivity contribution is 5.96. The Hall–Kier alpha value is -3.64. The van der Waals surface area contributed by atoms with Crippen molar-refractivity contribution in [3.05, 3.63) is 58.7 Å². The highest BCUT2D eigenvalue weighted by Crippen LogP contribution is 2.32. The lowest BCUT2D eigenvalue weighted by Gasteiger charge is -2.31. The molecule has 0 radical (unpaired) electrons. The number of halogens is 5. The van der Waals surface area contributed by atoms with Crippen LogP contribution in [0.15, 0.2) is 29.8 Å². The number of aryl methyl sites for hydroxylation is 1. The summed E-state index contributed by atoms with van der Waals surface area (Å²) in [5.41, 5.74) is 5.94. The molecule has 1 atom stereocenters. The quantitative estimate of drug-likeness (QED) is 0.329. The third kappa shape index (κ3) is 7.93. The van der Waals surface area contributed by atoms with Gasteiger partial charge in [-0.1, -0.05) is 12.1 Å². The van der Waals surface area contributed by atoms with Gasteiger partial charge in [0.25, 0.3) is 0 Å². The van der Waals surface area contributed by atoms with E-state index in [0.29, 0.717) is 43.7 Å². The first-order valence-electron chi connectivity index (χ1n) is 12.6. The van der Waals surface area contributed by atoms with E-state index in [-0.39, 0.29) is 29.8 Å². The van der Waals surface area contributed by atoms with E-state index in [0.717, 1.165) is 25.1 Å². The number of fused-ring (bicyclic) bond motifs is 1. The minimum atomic E-state index is -4.39. The van der Waals surface area contributed by atoms with Gasteiger partial charge in [0.05, 0.1) is 0 Å². The zero-order valence-electron chi connectivity index (χ0n) is 21.5. The fraction of sp³-hybridized carbons (Fsp3) is 0.500. The summed E-state index contributed by atoms with van der Waals surface area (Å²) in [5, 5.41) is 14.4. The Balaban J connectivity index is 0.000000231.